The lowest BCUT2D eigenvalue weighted by atomic mass is 10.1. The van der Waals surface area contributed by atoms with Gasteiger partial charge >= 0.3 is 0 Å². The summed E-state index contributed by atoms with van der Waals surface area (Å²) < 4.78 is 0. The van der Waals surface area contributed by atoms with Crippen molar-refractivity contribution >= 4 is 33.7 Å². The summed E-state index contributed by atoms with van der Waals surface area (Å²) in [6, 6.07) is 15.6. The molecule has 0 bridgehead atoms. The van der Waals surface area contributed by atoms with E-state index in [1.165, 1.54) is 0 Å². The number of nitrogens with one attached hydrogen (secondary N) is 3. The Hall–Kier alpha value is -4.96. The van der Waals surface area contributed by atoms with Gasteiger partial charge < -0.3 is 15.2 Å². The summed E-state index contributed by atoms with van der Waals surface area (Å²) in [6.45, 7) is 0.285. The number of carbonyl (C=O) groups excluding carboxylic acids is 1. The number of carbonyl (C=O) groups is 1. The second-order valence-electron chi connectivity index (χ2n) is 8.94. The number of hydrogen-bond acceptors (Lipinski definition) is 7. The van der Waals surface area contributed by atoms with E-state index in [0.717, 1.165) is 33.2 Å². The Kier molecular flexibility index (Phi) is 5.62. The molecule has 3 N–H and O–H groups in total. The van der Waals surface area contributed by atoms with Gasteiger partial charge in [0.1, 0.15) is 5.52 Å². The van der Waals surface area contributed by atoms with Gasteiger partial charge in [0.15, 0.2) is 11.5 Å². The Morgan fingerprint density at radius 2 is 1.81 bits per heavy atom. The number of rotatable bonds is 6. The van der Waals surface area contributed by atoms with Crippen LogP contribution in [0.3, 0.4) is 0 Å². The van der Waals surface area contributed by atoms with E-state index in [9.17, 15) is 4.79 Å². The van der Waals surface area contributed by atoms with Crippen LogP contribution < -0.4 is 5.32 Å². The Balaban J connectivity index is 1.38. The van der Waals surface area contributed by atoms with E-state index < -0.39 is 0 Å². The molecule has 37 heavy (non-hydrogen) atoms. The number of nitrogens with zero attached hydrogens (tertiary/aromatic N) is 6. The molecular formula is C27H23N9O. The predicted octanol–water partition coefficient (Wildman–Crippen LogP) is 4.13. The monoisotopic (exact) mass is 489 g/mol. The summed E-state index contributed by atoms with van der Waals surface area (Å²) in [5.41, 5.74) is 7.89. The predicted molar refractivity (Wildman–Crippen MR) is 143 cm³/mol. The first kappa shape index (κ1) is 22.5. The van der Waals surface area contributed by atoms with Crippen molar-refractivity contribution < 1.29 is 4.79 Å². The number of benzene rings is 1. The van der Waals surface area contributed by atoms with E-state index in [0.29, 0.717) is 28.4 Å². The number of para-hydroxylation sites is 1. The molecule has 1 aromatic carbocycles. The second-order valence-corrected chi connectivity index (χ2v) is 8.94. The number of pyridine rings is 3. The quantitative estimate of drug-likeness (QED) is 0.321. The van der Waals surface area contributed by atoms with Gasteiger partial charge in [0.2, 0.25) is 5.91 Å². The van der Waals surface area contributed by atoms with Gasteiger partial charge in [-0.15, -0.1) is 0 Å². The molecule has 0 atom stereocenters. The molecule has 0 spiro atoms. The van der Waals surface area contributed by atoms with Crippen molar-refractivity contribution in [3.8, 4) is 33.9 Å². The van der Waals surface area contributed by atoms with E-state index in [1.54, 1.807) is 23.5 Å². The summed E-state index contributed by atoms with van der Waals surface area (Å²) in [6.07, 6.45) is 6.91. The van der Waals surface area contributed by atoms with Gasteiger partial charge in [-0.3, -0.25) is 19.9 Å². The molecule has 6 aromatic rings. The van der Waals surface area contributed by atoms with Gasteiger partial charge in [0.25, 0.3) is 0 Å². The smallest absolute Gasteiger partial charge is 0.238 e. The molecule has 10 nitrogen and oxygen atoms in total. The number of aromatic amines is 2. The largest absolute Gasteiger partial charge is 0.336 e. The van der Waals surface area contributed by atoms with E-state index in [4.69, 9.17) is 9.97 Å². The fourth-order valence-electron chi connectivity index (χ4n) is 4.26. The van der Waals surface area contributed by atoms with Crippen molar-refractivity contribution in [2.75, 3.05) is 26.0 Å². The maximum absolute atomic E-state index is 12.2. The molecule has 182 valence electrons. The Bertz CT molecular complexity index is 1740. The molecule has 0 radical (unpaired) electrons. The van der Waals surface area contributed by atoms with Crippen molar-refractivity contribution in [2.45, 2.75) is 0 Å². The first-order valence-electron chi connectivity index (χ1n) is 11.7. The lowest BCUT2D eigenvalue weighted by molar-refractivity contribution is -0.116. The number of amides is 1. The second kappa shape index (κ2) is 9.25. The average Bonchev–Trinajstić information content (AvgIpc) is 3.52. The van der Waals surface area contributed by atoms with Crippen molar-refractivity contribution in [3.05, 3.63) is 73.3 Å². The van der Waals surface area contributed by atoms with Crippen molar-refractivity contribution in [2.24, 2.45) is 0 Å². The minimum absolute atomic E-state index is 0.111. The Labute approximate surface area is 211 Å². The average molecular weight is 490 g/mol. The van der Waals surface area contributed by atoms with Crippen LogP contribution in [0.5, 0.6) is 0 Å². The summed E-state index contributed by atoms with van der Waals surface area (Å²) >= 11 is 0. The molecule has 0 saturated heterocycles. The highest BCUT2D eigenvalue weighted by Gasteiger charge is 2.17. The zero-order chi connectivity index (χ0) is 25.4. The van der Waals surface area contributed by atoms with Gasteiger partial charge in [-0.25, -0.2) is 9.97 Å². The van der Waals surface area contributed by atoms with Crippen LogP contribution >= 0.6 is 0 Å². The zero-order valence-electron chi connectivity index (χ0n) is 20.2. The first-order valence-corrected chi connectivity index (χ1v) is 11.7. The number of likely N-dealkylation sites (N-methyl/N-ethyl adjacent to an activating group) is 1. The molecule has 0 aliphatic heterocycles. The highest BCUT2D eigenvalue weighted by atomic mass is 16.2. The molecule has 1 amide bonds. The Morgan fingerprint density at radius 1 is 0.919 bits per heavy atom. The van der Waals surface area contributed by atoms with Crippen LogP contribution in [-0.4, -0.2) is 66.6 Å². The van der Waals surface area contributed by atoms with E-state index in [2.05, 4.69) is 30.5 Å². The SMILES string of the molecule is CN(C)CC(=O)Nc1cncc(-c2ccc3[nH]nc(-c4nc5c(-c6cccnc6)cccc5[nH]4)c3n2)c1. The molecule has 0 aliphatic rings. The van der Waals surface area contributed by atoms with Crippen LogP contribution in [0.25, 0.3) is 56.0 Å². The minimum Gasteiger partial charge on any atom is -0.336 e. The van der Waals surface area contributed by atoms with Gasteiger partial charge in [-0.05, 0) is 44.4 Å². The highest BCUT2D eigenvalue weighted by molar-refractivity contribution is 5.96. The summed E-state index contributed by atoms with van der Waals surface area (Å²) in [5.74, 6) is 0.505. The van der Waals surface area contributed by atoms with Crippen LogP contribution in [0.4, 0.5) is 5.69 Å². The first-order chi connectivity index (χ1) is 18.0. The number of anilines is 1. The number of H-pyrrole nitrogens is 2. The number of fused-ring (bicyclic) bond motifs is 2. The molecule has 6 rings (SSSR count). The van der Waals surface area contributed by atoms with Gasteiger partial charge in [-0.1, -0.05) is 18.2 Å². The van der Waals surface area contributed by atoms with E-state index in [-0.39, 0.29) is 12.5 Å². The Morgan fingerprint density at radius 3 is 2.65 bits per heavy atom. The van der Waals surface area contributed by atoms with Gasteiger partial charge in [-0.2, -0.15) is 5.10 Å². The normalized spacial score (nSPS) is 11.4. The highest BCUT2D eigenvalue weighted by Crippen LogP contribution is 2.31. The van der Waals surface area contributed by atoms with Crippen molar-refractivity contribution in [3.63, 3.8) is 0 Å². The molecule has 0 fully saturated rings. The maximum atomic E-state index is 12.2. The van der Waals surface area contributed by atoms with E-state index in [1.807, 2.05) is 68.8 Å². The number of hydrogen-bond donors (Lipinski definition) is 3. The minimum atomic E-state index is -0.111. The molecule has 0 aliphatic carbocycles. The molecule has 0 saturated carbocycles. The molecule has 0 unspecified atom stereocenters. The van der Waals surface area contributed by atoms with Crippen LogP contribution in [-0.2, 0) is 4.79 Å². The zero-order valence-corrected chi connectivity index (χ0v) is 20.2. The summed E-state index contributed by atoms with van der Waals surface area (Å²) in [4.78, 5) is 35.7. The van der Waals surface area contributed by atoms with Crippen LogP contribution in [0, 0.1) is 0 Å². The lowest BCUT2D eigenvalue weighted by Gasteiger charge is -2.10. The third kappa shape index (κ3) is 4.41. The molecule has 5 heterocycles. The van der Waals surface area contributed by atoms with Gasteiger partial charge in [0, 0.05) is 35.3 Å². The molecular weight excluding hydrogens is 466 g/mol. The van der Waals surface area contributed by atoms with Crippen LogP contribution in [0.15, 0.2) is 73.3 Å². The van der Waals surface area contributed by atoms with Crippen LogP contribution in [0.2, 0.25) is 0 Å². The third-order valence-corrected chi connectivity index (χ3v) is 5.89. The van der Waals surface area contributed by atoms with Crippen molar-refractivity contribution in [1.29, 1.82) is 0 Å². The summed E-state index contributed by atoms with van der Waals surface area (Å²) in [5, 5.41) is 10.4. The van der Waals surface area contributed by atoms with Crippen molar-refractivity contribution in [1.82, 2.24) is 40.0 Å². The number of aromatic nitrogens is 7. The molecule has 10 heteroatoms. The lowest BCUT2D eigenvalue weighted by Crippen LogP contribution is -2.27. The fraction of sp³-hybridized carbons (Fsp3) is 0.111. The van der Waals surface area contributed by atoms with Gasteiger partial charge in [0.05, 0.1) is 40.7 Å². The standard InChI is InChI=1S/C27H23N9O/c1-36(2)15-23(37)30-18-11-17(13-29-14-18)20-8-9-22-25(31-20)26(35-34-22)27-32-21-7-3-6-19(24(21)33-27)16-5-4-10-28-12-16/h3-14H,15H2,1-2H3,(H,30,37)(H,32,33)(H,34,35). The number of imidazole rings is 1. The maximum Gasteiger partial charge on any atom is 0.238 e. The summed E-state index contributed by atoms with van der Waals surface area (Å²) in [7, 11) is 3.69. The molecule has 5 aromatic heterocycles. The fourth-order valence-corrected chi connectivity index (χ4v) is 4.26. The van der Waals surface area contributed by atoms with E-state index >= 15 is 0 Å². The van der Waals surface area contributed by atoms with Crippen LogP contribution in [0.1, 0.15) is 0 Å². The topological polar surface area (TPSA) is 128 Å². The third-order valence-electron chi connectivity index (χ3n) is 5.89.